The van der Waals surface area contributed by atoms with Gasteiger partial charge in [-0.1, -0.05) is 33.6 Å². The van der Waals surface area contributed by atoms with Crippen LogP contribution in [0.15, 0.2) is 18.3 Å². The second-order valence-corrected chi connectivity index (χ2v) is 11.0. The van der Waals surface area contributed by atoms with Gasteiger partial charge in [0.15, 0.2) is 11.6 Å². The highest BCUT2D eigenvalue weighted by atomic mass is 19.1. The molecule has 3 fully saturated rings. The number of nitrogens with zero attached hydrogens (tertiary/aromatic N) is 1. The molecule has 1 aliphatic heterocycles. The third kappa shape index (κ3) is 4.04. The maximum absolute atomic E-state index is 14.7. The van der Waals surface area contributed by atoms with Gasteiger partial charge in [0.05, 0.1) is 6.10 Å². The Labute approximate surface area is 190 Å². The molecule has 1 aromatic heterocycles. The van der Waals surface area contributed by atoms with Crippen LogP contribution >= 0.6 is 0 Å². The SMILES string of the molecule is CCCC1CC2(C)CCCC(C2)N1C(=O)CC(C)c1c[nH]c2ccc(F)c(OC3CC3)c12. The van der Waals surface area contributed by atoms with Gasteiger partial charge in [-0.15, -0.1) is 0 Å². The number of aromatic nitrogens is 1. The standard InChI is InChI=1S/C27H37FN2O2/c1-4-6-18-14-27(3)12-5-7-19(15-27)30(18)24(31)13-17(2)21-16-29-23-11-10-22(28)26(25(21)23)32-20-8-9-20/h10-11,16-20,29H,4-9,12-15H2,1-3H3. The van der Waals surface area contributed by atoms with E-state index >= 15 is 0 Å². The number of likely N-dealkylation sites (tertiary alicyclic amines) is 1. The summed E-state index contributed by atoms with van der Waals surface area (Å²) in [6.07, 6.45) is 12.6. The number of carbonyl (C=O) groups is 1. The summed E-state index contributed by atoms with van der Waals surface area (Å²) in [4.78, 5) is 19.2. The first-order valence-corrected chi connectivity index (χ1v) is 12.7. The van der Waals surface area contributed by atoms with Crippen LogP contribution in [-0.4, -0.2) is 34.0 Å². The Kier molecular flexibility index (Phi) is 5.71. The highest BCUT2D eigenvalue weighted by Gasteiger charge is 2.45. The Bertz CT molecular complexity index is 997. The molecular formula is C27H37FN2O2. The van der Waals surface area contributed by atoms with E-state index in [4.69, 9.17) is 4.74 Å². The Balaban J connectivity index is 1.39. The molecule has 0 spiro atoms. The zero-order valence-electron chi connectivity index (χ0n) is 19.8. The topological polar surface area (TPSA) is 45.3 Å². The predicted molar refractivity (Wildman–Crippen MR) is 125 cm³/mol. The van der Waals surface area contributed by atoms with Crippen molar-refractivity contribution in [2.75, 3.05) is 0 Å². The normalized spacial score (nSPS) is 28.7. The summed E-state index contributed by atoms with van der Waals surface area (Å²) in [5.74, 6) is 0.300. The Morgan fingerprint density at radius 3 is 2.88 bits per heavy atom. The monoisotopic (exact) mass is 440 g/mol. The number of benzene rings is 1. The van der Waals surface area contributed by atoms with Crippen molar-refractivity contribution in [2.45, 2.75) is 109 Å². The average molecular weight is 441 g/mol. The number of halogens is 1. The van der Waals surface area contributed by atoms with Crippen LogP contribution < -0.4 is 4.74 Å². The minimum atomic E-state index is -0.315. The van der Waals surface area contributed by atoms with Gasteiger partial charge in [-0.25, -0.2) is 4.39 Å². The Hall–Kier alpha value is -2.04. The first-order chi connectivity index (χ1) is 15.4. The van der Waals surface area contributed by atoms with Gasteiger partial charge in [0.25, 0.3) is 0 Å². The lowest BCUT2D eigenvalue weighted by Crippen LogP contribution is -2.56. The van der Waals surface area contributed by atoms with Crippen molar-refractivity contribution in [1.29, 1.82) is 0 Å². The number of hydrogen-bond donors (Lipinski definition) is 1. The fourth-order valence-corrected chi connectivity index (χ4v) is 6.43. The van der Waals surface area contributed by atoms with E-state index in [0.29, 0.717) is 29.7 Å². The largest absolute Gasteiger partial charge is 0.487 e. The molecule has 4 atom stereocenters. The number of hydrogen-bond acceptors (Lipinski definition) is 2. The predicted octanol–water partition coefficient (Wildman–Crippen LogP) is 6.69. The van der Waals surface area contributed by atoms with Gasteiger partial charge in [-0.05, 0) is 74.0 Å². The molecule has 32 heavy (non-hydrogen) atoms. The number of piperidine rings is 1. The van der Waals surface area contributed by atoms with Crippen molar-refractivity contribution in [3.05, 3.63) is 29.7 Å². The smallest absolute Gasteiger partial charge is 0.223 e. The molecule has 2 bridgehead atoms. The first kappa shape index (κ1) is 21.8. The van der Waals surface area contributed by atoms with Crippen molar-refractivity contribution in [2.24, 2.45) is 5.41 Å². The first-order valence-electron chi connectivity index (χ1n) is 12.7. The highest BCUT2D eigenvalue weighted by Crippen LogP contribution is 2.48. The molecule has 2 saturated carbocycles. The lowest BCUT2D eigenvalue weighted by Gasteiger charge is -2.53. The molecule has 4 unspecified atom stereocenters. The van der Waals surface area contributed by atoms with Crippen LogP contribution in [-0.2, 0) is 4.79 Å². The van der Waals surface area contributed by atoms with Crippen LogP contribution in [0.4, 0.5) is 4.39 Å². The molecule has 1 N–H and O–H groups in total. The highest BCUT2D eigenvalue weighted by molar-refractivity contribution is 5.91. The summed E-state index contributed by atoms with van der Waals surface area (Å²) in [5, 5.41) is 0.811. The van der Waals surface area contributed by atoms with E-state index in [1.165, 1.54) is 18.9 Å². The van der Waals surface area contributed by atoms with E-state index < -0.39 is 0 Å². The lowest BCUT2D eigenvalue weighted by molar-refractivity contribution is -0.144. The van der Waals surface area contributed by atoms with Crippen LogP contribution in [0.25, 0.3) is 10.9 Å². The van der Waals surface area contributed by atoms with Crippen molar-refractivity contribution in [1.82, 2.24) is 9.88 Å². The minimum absolute atomic E-state index is 0.00113. The number of carbonyl (C=O) groups excluding carboxylic acids is 1. The maximum Gasteiger partial charge on any atom is 0.223 e. The molecule has 2 aliphatic carbocycles. The Morgan fingerprint density at radius 1 is 1.31 bits per heavy atom. The molecule has 0 radical (unpaired) electrons. The van der Waals surface area contributed by atoms with Crippen LogP contribution in [0.2, 0.25) is 0 Å². The summed E-state index contributed by atoms with van der Waals surface area (Å²) in [7, 11) is 0. The van der Waals surface area contributed by atoms with Gasteiger partial charge in [0, 0.05) is 35.6 Å². The second-order valence-electron chi connectivity index (χ2n) is 11.0. The molecule has 2 aromatic rings. The van der Waals surface area contributed by atoms with Crippen LogP contribution in [0.5, 0.6) is 5.75 Å². The molecule has 1 amide bonds. The second kappa shape index (κ2) is 8.39. The van der Waals surface area contributed by atoms with Gasteiger partial charge in [-0.2, -0.15) is 0 Å². The Morgan fingerprint density at radius 2 is 2.12 bits per heavy atom. The molecular weight excluding hydrogens is 403 g/mol. The molecule has 1 aromatic carbocycles. The van der Waals surface area contributed by atoms with Crippen LogP contribution in [0, 0.1) is 11.2 Å². The van der Waals surface area contributed by atoms with Crippen molar-refractivity contribution in [3.8, 4) is 5.75 Å². The van der Waals surface area contributed by atoms with Gasteiger partial charge < -0.3 is 14.6 Å². The van der Waals surface area contributed by atoms with Crippen LogP contribution in [0.1, 0.15) is 96.5 Å². The summed E-state index contributed by atoms with van der Waals surface area (Å²) in [5.41, 5.74) is 2.26. The van der Waals surface area contributed by atoms with Crippen molar-refractivity contribution in [3.63, 3.8) is 0 Å². The third-order valence-corrected chi connectivity index (χ3v) is 8.07. The van der Waals surface area contributed by atoms with Crippen molar-refractivity contribution >= 4 is 16.8 Å². The zero-order valence-corrected chi connectivity index (χ0v) is 19.8. The molecule has 2 heterocycles. The molecule has 174 valence electrons. The quantitative estimate of drug-likeness (QED) is 0.521. The van der Waals surface area contributed by atoms with E-state index in [-0.39, 0.29) is 23.7 Å². The number of ether oxygens (including phenoxy) is 1. The number of fused-ring (bicyclic) bond motifs is 3. The summed E-state index contributed by atoms with van der Waals surface area (Å²) in [6, 6.07) is 3.98. The van der Waals surface area contributed by atoms with Crippen molar-refractivity contribution < 1.29 is 13.9 Å². The average Bonchev–Trinajstić information content (AvgIpc) is 3.45. The number of nitrogens with one attached hydrogen (secondary N) is 1. The van der Waals surface area contributed by atoms with E-state index in [1.807, 2.05) is 6.20 Å². The van der Waals surface area contributed by atoms with Gasteiger partial charge >= 0.3 is 0 Å². The maximum atomic E-state index is 14.7. The number of H-pyrrole nitrogens is 1. The summed E-state index contributed by atoms with van der Waals surface area (Å²) >= 11 is 0. The third-order valence-electron chi connectivity index (χ3n) is 8.07. The van der Waals surface area contributed by atoms with Gasteiger partial charge in [0.1, 0.15) is 0 Å². The molecule has 1 saturated heterocycles. The summed E-state index contributed by atoms with van der Waals surface area (Å²) < 4.78 is 20.6. The molecule has 4 nitrogen and oxygen atoms in total. The number of aromatic amines is 1. The number of rotatable bonds is 7. The minimum Gasteiger partial charge on any atom is -0.487 e. The number of amides is 1. The van der Waals surface area contributed by atoms with E-state index in [0.717, 1.165) is 61.4 Å². The fourth-order valence-electron chi connectivity index (χ4n) is 6.43. The van der Waals surface area contributed by atoms with E-state index in [9.17, 15) is 9.18 Å². The van der Waals surface area contributed by atoms with Gasteiger partial charge in [0.2, 0.25) is 5.91 Å². The molecule has 5 rings (SSSR count). The molecule has 3 aliphatic rings. The van der Waals surface area contributed by atoms with Gasteiger partial charge in [-0.3, -0.25) is 4.79 Å². The van der Waals surface area contributed by atoms with E-state index in [1.54, 1.807) is 6.07 Å². The van der Waals surface area contributed by atoms with E-state index in [2.05, 4.69) is 30.7 Å². The fraction of sp³-hybridized carbons (Fsp3) is 0.667. The van der Waals surface area contributed by atoms with Crippen LogP contribution in [0.3, 0.4) is 0 Å². The lowest BCUT2D eigenvalue weighted by atomic mass is 9.65. The molecule has 5 heteroatoms. The summed E-state index contributed by atoms with van der Waals surface area (Å²) in [6.45, 7) is 6.74. The zero-order chi connectivity index (χ0) is 22.5.